The minimum absolute atomic E-state index is 0.0312. The van der Waals surface area contributed by atoms with Crippen molar-refractivity contribution in [2.24, 2.45) is 5.41 Å². The molecule has 1 fully saturated rings. The molecule has 3 aromatic rings. The first-order chi connectivity index (χ1) is 15.2. The number of amides is 1. The number of pyridine rings is 2. The lowest BCUT2D eigenvalue weighted by Gasteiger charge is -2.29. The van der Waals surface area contributed by atoms with Crippen molar-refractivity contribution >= 4 is 5.91 Å². The van der Waals surface area contributed by atoms with Gasteiger partial charge in [-0.15, -0.1) is 6.42 Å². The lowest BCUT2D eigenvalue weighted by atomic mass is 9.78. The summed E-state index contributed by atoms with van der Waals surface area (Å²) in [5.41, 5.74) is 4.00. The molecule has 156 valence electrons. The van der Waals surface area contributed by atoms with Crippen LogP contribution in [-0.2, 0) is 17.8 Å². The average molecular weight is 411 g/mol. The van der Waals surface area contributed by atoms with Crippen LogP contribution in [-0.4, -0.2) is 40.4 Å². The molecule has 0 spiro atoms. The number of hydrogen-bond acceptors (Lipinski definition) is 4. The SMILES string of the molecule is C#CCNC(=O)[C@@]1(Cc2ccccc2-c2cccnc2)CCN(Cc2ccncc2)C1. The average Bonchev–Trinajstić information content (AvgIpc) is 3.22. The second kappa shape index (κ2) is 9.55. The maximum absolute atomic E-state index is 13.3. The van der Waals surface area contributed by atoms with Gasteiger partial charge in [-0.3, -0.25) is 19.7 Å². The maximum atomic E-state index is 13.3. The number of nitrogens with zero attached hydrogens (tertiary/aromatic N) is 3. The van der Waals surface area contributed by atoms with Gasteiger partial charge in [0, 0.05) is 43.4 Å². The number of rotatable bonds is 7. The molecule has 1 aliphatic heterocycles. The number of benzene rings is 1. The first-order valence-corrected chi connectivity index (χ1v) is 10.5. The van der Waals surface area contributed by atoms with Gasteiger partial charge in [0.2, 0.25) is 5.91 Å². The van der Waals surface area contributed by atoms with Crippen LogP contribution in [0, 0.1) is 17.8 Å². The van der Waals surface area contributed by atoms with E-state index in [-0.39, 0.29) is 12.5 Å². The molecule has 0 unspecified atom stereocenters. The van der Waals surface area contributed by atoms with Gasteiger partial charge in [-0.2, -0.15) is 0 Å². The monoisotopic (exact) mass is 410 g/mol. The summed E-state index contributed by atoms with van der Waals surface area (Å²) >= 11 is 0. The summed E-state index contributed by atoms with van der Waals surface area (Å²) in [6, 6.07) is 16.3. The van der Waals surface area contributed by atoms with Crippen LogP contribution >= 0.6 is 0 Å². The summed E-state index contributed by atoms with van der Waals surface area (Å²) in [5.74, 6) is 2.56. The fraction of sp³-hybridized carbons (Fsp3) is 0.269. The Labute approximate surface area is 183 Å². The van der Waals surface area contributed by atoms with Crippen LogP contribution in [0.5, 0.6) is 0 Å². The van der Waals surface area contributed by atoms with E-state index in [9.17, 15) is 4.79 Å². The molecule has 0 bridgehead atoms. The first kappa shape index (κ1) is 20.8. The number of carbonyl (C=O) groups excluding carboxylic acids is 1. The number of terminal acetylenes is 1. The van der Waals surface area contributed by atoms with Gasteiger partial charge >= 0.3 is 0 Å². The van der Waals surface area contributed by atoms with E-state index >= 15 is 0 Å². The van der Waals surface area contributed by atoms with E-state index in [1.165, 1.54) is 5.56 Å². The number of aromatic nitrogens is 2. The summed E-state index contributed by atoms with van der Waals surface area (Å²) < 4.78 is 0. The van der Waals surface area contributed by atoms with E-state index in [2.05, 4.69) is 44.3 Å². The summed E-state index contributed by atoms with van der Waals surface area (Å²) in [6.07, 6.45) is 14.1. The predicted octanol–water partition coefficient (Wildman–Crippen LogP) is 3.33. The van der Waals surface area contributed by atoms with Crippen molar-refractivity contribution in [3.8, 4) is 23.5 Å². The Balaban J connectivity index is 1.61. The highest BCUT2D eigenvalue weighted by Gasteiger charge is 2.44. The summed E-state index contributed by atoms with van der Waals surface area (Å²) in [5, 5.41) is 2.95. The van der Waals surface area contributed by atoms with Crippen molar-refractivity contribution in [1.82, 2.24) is 20.2 Å². The second-order valence-electron chi connectivity index (χ2n) is 8.06. The highest BCUT2D eigenvalue weighted by molar-refractivity contribution is 5.84. The van der Waals surface area contributed by atoms with Gasteiger partial charge in [0.15, 0.2) is 0 Å². The van der Waals surface area contributed by atoms with Crippen LogP contribution in [0.3, 0.4) is 0 Å². The molecule has 0 saturated carbocycles. The van der Waals surface area contributed by atoms with E-state index < -0.39 is 5.41 Å². The van der Waals surface area contributed by atoms with E-state index in [0.29, 0.717) is 13.0 Å². The van der Waals surface area contributed by atoms with E-state index in [4.69, 9.17) is 6.42 Å². The standard InChI is InChI=1S/C26H26N4O/c1-2-12-29-25(31)26(11-16-30(20-26)19-21-9-14-27-15-10-21)17-22-6-3-4-8-24(22)23-7-5-13-28-18-23/h1,3-10,13-15,18H,11-12,16-17,19-20H2,(H,29,31)/t26-/m1/s1. The maximum Gasteiger partial charge on any atom is 0.228 e. The Morgan fingerprint density at radius 2 is 1.94 bits per heavy atom. The van der Waals surface area contributed by atoms with E-state index in [0.717, 1.165) is 36.2 Å². The van der Waals surface area contributed by atoms with Crippen LogP contribution in [0.2, 0.25) is 0 Å². The molecule has 1 aliphatic rings. The summed E-state index contributed by atoms with van der Waals surface area (Å²) in [7, 11) is 0. The molecule has 4 rings (SSSR count). The van der Waals surface area contributed by atoms with Crippen molar-refractivity contribution in [3.63, 3.8) is 0 Å². The van der Waals surface area contributed by atoms with Gasteiger partial charge in [0.1, 0.15) is 0 Å². The van der Waals surface area contributed by atoms with Crippen LogP contribution < -0.4 is 5.32 Å². The zero-order valence-electron chi connectivity index (χ0n) is 17.5. The minimum Gasteiger partial charge on any atom is -0.345 e. The third-order valence-corrected chi connectivity index (χ3v) is 5.94. The van der Waals surface area contributed by atoms with E-state index in [1.807, 2.05) is 48.9 Å². The number of carbonyl (C=O) groups is 1. The summed E-state index contributed by atoms with van der Waals surface area (Å²) in [6.45, 7) is 2.60. The topological polar surface area (TPSA) is 58.1 Å². The van der Waals surface area contributed by atoms with Crippen LogP contribution in [0.1, 0.15) is 17.5 Å². The highest BCUT2D eigenvalue weighted by Crippen LogP contribution is 2.38. The minimum atomic E-state index is -0.526. The normalized spacial score (nSPS) is 18.4. The van der Waals surface area contributed by atoms with Crippen molar-refractivity contribution in [3.05, 3.63) is 84.4 Å². The van der Waals surface area contributed by atoms with Crippen molar-refractivity contribution in [2.45, 2.75) is 19.4 Å². The first-order valence-electron chi connectivity index (χ1n) is 10.5. The van der Waals surface area contributed by atoms with E-state index in [1.54, 1.807) is 6.20 Å². The summed E-state index contributed by atoms with van der Waals surface area (Å²) in [4.78, 5) is 24.0. The van der Waals surface area contributed by atoms with Gasteiger partial charge < -0.3 is 5.32 Å². The van der Waals surface area contributed by atoms with Crippen LogP contribution in [0.25, 0.3) is 11.1 Å². The van der Waals surface area contributed by atoms with Crippen molar-refractivity contribution in [1.29, 1.82) is 0 Å². The molecule has 3 heterocycles. The Morgan fingerprint density at radius 3 is 2.71 bits per heavy atom. The largest absolute Gasteiger partial charge is 0.345 e. The lowest BCUT2D eigenvalue weighted by Crippen LogP contribution is -2.44. The molecule has 0 aliphatic carbocycles. The second-order valence-corrected chi connectivity index (χ2v) is 8.06. The van der Waals surface area contributed by atoms with Gasteiger partial charge in [0.25, 0.3) is 0 Å². The van der Waals surface area contributed by atoms with Crippen LogP contribution in [0.15, 0.2) is 73.3 Å². The Bertz CT molecular complexity index is 1060. The third-order valence-electron chi connectivity index (χ3n) is 5.94. The molecule has 1 N–H and O–H groups in total. The van der Waals surface area contributed by atoms with Gasteiger partial charge in [-0.05, 0) is 54.3 Å². The molecular formula is C26H26N4O. The highest BCUT2D eigenvalue weighted by atomic mass is 16.2. The molecule has 0 radical (unpaired) electrons. The molecule has 5 heteroatoms. The van der Waals surface area contributed by atoms with Gasteiger partial charge in [0.05, 0.1) is 12.0 Å². The molecule has 1 aromatic carbocycles. The number of nitrogens with one attached hydrogen (secondary N) is 1. The molecule has 1 atom stereocenters. The Hall–Kier alpha value is -3.49. The Kier molecular flexibility index (Phi) is 6.40. The van der Waals surface area contributed by atoms with Crippen molar-refractivity contribution in [2.75, 3.05) is 19.6 Å². The zero-order chi connectivity index (χ0) is 21.5. The molecule has 1 amide bonds. The van der Waals surface area contributed by atoms with Gasteiger partial charge in [-0.25, -0.2) is 0 Å². The van der Waals surface area contributed by atoms with Gasteiger partial charge in [-0.1, -0.05) is 36.3 Å². The molecule has 5 nitrogen and oxygen atoms in total. The van der Waals surface area contributed by atoms with Crippen LogP contribution in [0.4, 0.5) is 0 Å². The Morgan fingerprint density at radius 1 is 1.10 bits per heavy atom. The quantitative estimate of drug-likeness (QED) is 0.607. The smallest absolute Gasteiger partial charge is 0.228 e. The third kappa shape index (κ3) is 4.82. The fourth-order valence-electron chi connectivity index (χ4n) is 4.41. The lowest BCUT2D eigenvalue weighted by molar-refractivity contribution is -0.130. The molecule has 2 aromatic heterocycles. The van der Waals surface area contributed by atoms with Crippen molar-refractivity contribution < 1.29 is 4.79 Å². The fourth-order valence-corrected chi connectivity index (χ4v) is 4.41. The number of hydrogen-bond donors (Lipinski definition) is 1. The zero-order valence-corrected chi connectivity index (χ0v) is 17.5. The molecule has 31 heavy (non-hydrogen) atoms. The number of likely N-dealkylation sites (tertiary alicyclic amines) is 1. The molecule has 1 saturated heterocycles. The predicted molar refractivity (Wildman–Crippen MR) is 122 cm³/mol. The molecular weight excluding hydrogens is 384 g/mol.